The summed E-state index contributed by atoms with van der Waals surface area (Å²) in [5.74, 6) is 0.597. The van der Waals surface area contributed by atoms with Crippen molar-refractivity contribution in [3.05, 3.63) is 67.2 Å². The molecule has 8 rings (SSSR count). The summed E-state index contributed by atoms with van der Waals surface area (Å²) in [6.07, 6.45) is 8.77. The molecular weight excluding hydrogens is 817 g/mol. The smallest absolute Gasteiger partial charge is 0.264 e. The number of carbonyl (C=O) groups excluding carboxylic acids is 4. The van der Waals surface area contributed by atoms with Crippen LogP contribution in [0.2, 0.25) is 0 Å². The molecule has 4 amide bonds. The fourth-order valence-electron chi connectivity index (χ4n) is 7.81. The van der Waals surface area contributed by atoms with Crippen LogP contribution in [0, 0.1) is 0 Å². The third-order valence-electron chi connectivity index (χ3n) is 11.4. The summed E-state index contributed by atoms with van der Waals surface area (Å²) in [5, 5.41) is 14.3. The molecule has 4 saturated heterocycles. The van der Waals surface area contributed by atoms with Crippen LogP contribution >= 0.6 is 45.3 Å². The van der Waals surface area contributed by atoms with E-state index in [2.05, 4.69) is 20.6 Å². The maximum atomic E-state index is 13.3. The lowest BCUT2D eigenvalue weighted by Crippen LogP contribution is -2.48. The molecule has 0 aliphatic carbocycles. The zero-order valence-corrected chi connectivity index (χ0v) is 36.0. The van der Waals surface area contributed by atoms with E-state index in [0.29, 0.717) is 86.9 Å². The summed E-state index contributed by atoms with van der Waals surface area (Å²) in [4.78, 5) is 69.6. The van der Waals surface area contributed by atoms with Gasteiger partial charge in [0.05, 0.1) is 54.1 Å². The molecule has 310 valence electrons. The Bertz CT molecular complexity index is 1870. The second-order valence-electron chi connectivity index (χ2n) is 15.4. The fraction of sp³-hybridized carbons (Fsp3) is 0.550. The molecule has 18 heteroatoms. The molecule has 0 aromatic carbocycles. The monoisotopic (exact) mass is 866 g/mol. The van der Waals surface area contributed by atoms with E-state index in [1.54, 1.807) is 59.0 Å². The molecule has 4 atom stereocenters. The Morgan fingerprint density at radius 3 is 1.50 bits per heavy atom. The van der Waals surface area contributed by atoms with Crippen molar-refractivity contribution in [3.8, 4) is 0 Å². The van der Waals surface area contributed by atoms with Crippen LogP contribution < -0.4 is 20.4 Å². The number of ether oxygens (including phenoxy) is 2. The molecule has 4 aromatic rings. The summed E-state index contributed by atoms with van der Waals surface area (Å²) < 4.78 is 12.3. The van der Waals surface area contributed by atoms with Crippen LogP contribution in [0.1, 0.15) is 79.7 Å². The first-order valence-corrected chi connectivity index (χ1v) is 23.4. The van der Waals surface area contributed by atoms with E-state index in [1.165, 1.54) is 22.7 Å². The third kappa shape index (κ3) is 9.39. The first kappa shape index (κ1) is 41.1. The average molecular weight is 867 g/mol. The van der Waals surface area contributed by atoms with Crippen molar-refractivity contribution >= 4 is 79.0 Å². The number of amides is 4. The summed E-state index contributed by atoms with van der Waals surface area (Å²) in [7, 11) is 3.54. The molecule has 58 heavy (non-hydrogen) atoms. The summed E-state index contributed by atoms with van der Waals surface area (Å²) >= 11 is 5.97. The fourth-order valence-corrected chi connectivity index (χ4v) is 11.1. The SMILES string of the molecule is CN(C(=O)[C@@H]1C[C@@H](OCCCCCCO[C@H]2CN[C@H](C(=O)N(C)c3ccc(C(=O)N4CC(c5nccs5)C4)s3)C2)CN1)c1ccc(C(=O)N2CC(c3nccs3)C2)s1. The Balaban J connectivity index is 0.659. The number of unbranched alkanes of at least 4 members (excludes halogenated alkanes) is 3. The lowest BCUT2D eigenvalue weighted by Gasteiger charge is -2.37. The van der Waals surface area contributed by atoms with Crippen molar-refractivity contribution in [3.63, 3.8) is 0 Å². The second kappa shape index (κ2) is 18.8. The highest BCUT2D eigenvalue weighted by atomic mass is 32.1. The first-order valence-electron chi connectivity index (χ1n) is 20.0. The topological polar surface area (TPSA) is 150 Å². The molecule has 4 fully saturated rings. The van der Waals surface area contributed by atoms with Gasteiger partial charge in [-0.1, -0.05) is 12.8 Å². The highest BCUT2D eigenvalue weighted by molar-refractivity contribution is 7.18. The van der Waals surface area contributed by atoms with E-state index >= 15 is 0 Å². The van der Waals surface area contributed by atoms with Crippen LogP contribution in [0.25, 0.3) is 0 Å². The van der Waals surface area contributed by atoms with Gasteiger partial charge in [-0.2, -0.15) is 0 Å². The Morgan fingerprint density at radius 2 is 1.10 bits per heavy atom. The van der Waals surface area contributed by atoms with Crippen molar-refractivity contribution in [1.29, 1.82) is 0 Å². The van der Waals surface area contributed by atoms with E-state index in [1.807, 2.05) is 44.8 Å². The van der Waals surface area contributed by atoms with Crippen molar-refractivity contribution in [1.82, 2.24) is 30.4 Å². The molecule has 0 unspecified atom stereocenters. The number of nitrogens with zero attached hydrogens (tertiary/aromatic N) is 6. The van der Waals surface area contributed by atoms with Crippen LogP contribution in [-0.2, 0) is 19.1 Å². The molecule has 14 nitrogen and oxygen atoms in total. The normalized spacial score (nSPS) is 22.2. The summed E-state index contributed by atoms with van der Waals surface area (Å²) in [5.41, 5.74) is 0. The maximum absolute atomic E-state index is 13.3. The predicted molar refractivity (Wildman–Crippen MR) is 228 cm³/mol. The number of thiazole rings is 2. The highest BCUT2D eigenvalue weighted by Gasteiger charge is 2.37. The van der Waals surface area contributed by atoms with Gasteiger partial charge in [0.15, 0.2) is 0 Å². The van der Waals surface area contributed by atoms with Gasteiger partial charge in [-0.3, -0.25) is 19.2 Å². The number of rotatable bonds is 17. The van der Waals surface area contributed by atoms with Gasteiger partial charge in [0, 0.05) is 102 Å². The van der Waals surface area contributed by atoms with Crippen molar-refractivity contribution in [2.75, 3.05) is 76.4 Å². The van der Waals surface area contributed by atoms with Crippen molar-refractivity contribution in [2.24, 2.45) is 0 Å². The molecule has 0 radical (unpaired) electrons. The molecule has 4 aliphatic rings. The molecular formula is C40H50N8O6S4. The predicted octanol–water partition coefficient (Wildman–Crippen LogP) is 4.88. The quantitative estimate of drug-likeness (QED) is 0.141. The number of likely N-dealkylation sites (N-methyl/N-ethyl adjacent to an activating group) is 2. The molecule has 0 saturated carbocycles. The van der Waals surface area contributed by atoms with Crippen molar-refractivity contribution in [2.45, 2.75) is 74.7 Å². The van der Waals surface area contributed by atoms with E-state index in [4.69, 9.17) is 9.47 Å². The molecule has 2 N–H and O–H groups in total. The minimum atomic E-state index is -0.318. The van der Waals surface area contributed by atoms with Gasteiger partial charge in [0.2, 0.25) is 11.8 Å². The number of hydrogen-bond acceptors (Lipinski definition) is 14. The first-order chi connectivity index (χ1) is 28.2. The van der Waals surface area contributed by atoms with Crippen LogP contribution in [0.3, 0.4) is 0 Å². The Kier molecular flexibility index (Phi) is 13.3. The van der Waals surface area contributed by atoms with Crippen LogP contribution in [0.5, 0.6) is 0 Å². The van der Waals surface area contributed by atoms with E-state index in [0.717, 1.165) is 45.7 Å². The highest BCUT2D eigenvalue weighted by Crippen LogP contribution is 2.35. The van der Waals surface area contributed by atoms with E-state index < -0.39 is 0 Å². The number of nitrogens with one attached hydrogen (secondary N) is 2. The van der Waals surface area contributed by atoms with Crippen LogP contribution in [-0.4, -0.2) is 134 Å². The minimum Gasteiger partial charge on any atom is -0.377 e. The number of aromatic nitrogens is 2. The molecule has 4 aliphatic heterocycles. The van der Waals surface area contributed by atoms with Gasteiger partial charge in [0.25, 0.3) is 11.8 Å². The average Bonchev–Trinajstić information content (AvgIpc) is 4.05. The Hall–Kier alpha value is -3.62. The minimum absolute atomic E-state index is 0.00622. The number of thiophene rings is 2. The van der Waals surface area contributed by atoms with Gasteiger partial charge < -0.3 is 39.7 Å². The van der Waals surface area contributed by atoms with Gasteiger partial charge in [-0.25, -0.2) is 9.97 Å². The Labute approximate surface area is 354 Å². The summed E-state index contributed by atoms with van der Waals surface area (Å²) in [6.45, 7) is 5.29. The zero-order valence-electron chi connectivity index (χ0n) is 32.7. The zero-order chi connectivity index (χ0) is 40.2. The lowest BCUT2D eigenvalue weighted by molar-refractivity contribution is -0.120. The van der Waals surface area contributed by atoms with Crippen molar-refractivity contribution < 1.29 is 28.7 Å². The third-order valence-corrected chi connectivity index (χ3v) is 15.6. The van der Waals surface area contributed by atoms with Crippen LogP contribution in [0.4, 0.5) is 10.0 Å². The van der Waals surface area contributed by atoms with Gasteiger partial charge in [0.1, 0.15) is 0 Å². The Morgan fingerprint density at radius 1 is 0.672 bits per heavy atom. The van der Waals surface area contributed by atoms with Gasteiger partial charge in [-0.05, 0) is 49.9 Å². The molecule has 4 aromatic heterocycles. The molecule has 8 heterocycles. The maximum Gasteiger partial charge on any atom is 0.264 e. The second-order valence-corrected chi connectivity index (χ2v) is 19.4. The largest absolute Gasteiger partial charge is 0.377 e. The molecule has 0 bridgehead atoms. The van der Waals surface area contributed by atoms with E-state index in [-0.39, 0.29) is 47.9 Å². The van der Waals surface area contributed by atoms with Crippen LogP contribution in [0.15, 0.2) is 47.4 Å². The number of hydrogen-bond donors (Lipinski definition) is 2. The van der Waals surface area contributed by atoms with E-state index in [9.17, 15) is 19.2 Å². The molecule has 0 spiro atoms. The number of likely N-dealkylation sites (tertiary alicyclic amines) is 2. The number of anilines is 2. The lowest BCUT2D eigenvalue weighted by atomic mass is 10.0. The standard InChI is InChI=1S/C40H50N8O6S4/c1-45(33-9-7-31(57-33)39(51)47-21-25(22-47)35-41-11-15-55-35)37(49)29-17-27(19-43-29)53-13-5-3-4-6-14-54-28-18-30(44-20-28)38(50)46(2)34-10-8-32(58-34)40(52)48-23-26(24-48)36-42-12-16-56-36/h7-12,15-16,25-30,43-44H,3-6,13-14,17-24H2,1-2H3/t27-,28-,29+,30+/m1/s1. The van der Waals surface area contributed by atoms with Gasteiger partial charge in [-0.15, -0.1) is 45.3 Å². The number of carbonyl (C=O) groups is 4. The van der Waals surface area contributed by atoms with Gasteiger partial charge >= 0.3 is 0 Å². The summed E-state index contributed by atoms with van der Waals surface area (Å²) in [6, 6.07) is 6.70.